The van der Waals surface area contributed by atoms with E-state index in [1.54, 1.807) is 0 Å². The molecule has 78 valence electrons. The van der Waals surface area contributed by atoms with E-state index in [0.717, 1.165) is 12.1 Å². The third kappa shape index (κ3) is 3.38. The van der Waals surface area contributed by atoms with Crippen molar-refractivity contribution in [2.24, 2.45) is 0 Å². The van der Waals surface area contributed by atoms with Crippen molar-refractivity contribution in [3.63, 3.8) is 0 Å². The molecule has 15 heavy (non-hydrogen) atoms. The van der Waals surface area contributed by atoms with Gasteiger partial charge in [-0.25, -0.2) is 0 Å². The van der Waals surface area contributed by atoms with E-state index < -0.39 is 20.2 Å². The molecule has 1 aromatic carbocycles. The molecular weight excluding hydrogens is 497 g/mol. The van der Waals surface area contributed by atoms with Gasteiger partial charge in [0.2, 0.25) is 0 Å². The molecule has 1 fully saturated rings. The van der Waals surface area contributed by atoms with Gasteiger partial charge in [0, 0.05) is 0 Å². The first-order chi connectivity index (χ1) is 7.31. The van der Waals surface area contributed by atoms with Crippen molar-refractivity contribution in [3.8, 4) is 0 Å². The van der Waals surface area contributed by atoms with E-state index in [4.69, 9.17) is 4.74 Å². The molecule has 0 radical (unpaired) electrons. The molecule has 0 spiro atoms. The Kier molecular flexibility index (Phi) is 4.38. The summed E-state index contributed by atoms with van der Waals surface area (Å²) < 4.78 is 7.52. The number of halogens is 1. The van der Waals surface area contributed by atoms with Crippen LogP contribution in [0.15, 0.2) is 30.3 Å². The Morgan fingerprint density at radius 2 is 2.27 bits per heavy atom. The van der Waals surface area contributed by atoms with Gasteiger partial charge in [0.05, 0.1) is 0 Å². The molecule has 0 aliphatic carbocycles. The molecule has 3 nitrogen and oxygen atoms in total. The van der Waals surface area contributed by atoms with E-state index in [1.165, 1.54) is 0 Å². The average molecular weight is 508 g/mol. The van der Waals surface area contributed by atoms with Gasteiger partial charge in [-0.3, -0.25) is 0 Å². The van der Waals surface area contributed by atoms with Gasteiger partial charge < -0.3 is 0 Å². The zero-order valence-electron chi connectivity index (χ0n) is 8.23. The minimum absolute atomic E-state index is 0.0458. The molecule has 0 aromatic heterocycles. The summed E-state index contributed by atoms with van der Waals surface area (Å²) in [5.41, 5.74) is 1.05. The van der Waals surface area contributed by atoms with Crippen molar-refractivity contribution in [3.05, 3.63) is 35.9 Å². The molecular formula is C10H11INO2Tl. The van der Waals surface area contributed by atoms with Crippen molar-refractivity contribution in [1.82, 2.24) is 2.71 Å². The molecule has 0 saturated carbocycles. The predicted molar refractivity (Wildman–Crippen MR) is 67.9 cm³/mol. The van der Waals surface area contributed by atoms with Crippen molar-refractivity contribution in [1.29, 1.82) is 0 Å². The first-order valence-electron chi connectivity index (χ1n) is 4.82. The summed E-state index contributed by atoms with van der Waals surface area (Å²) in [6, 6.07) is 9.90. The molecule has 0 bridgehead atoms. The zero-order valence-corrected chi connectivity index (χ0v) is 15.9. The number of ether oxygens (including phenoxy) is 1. The van der Waals surface area contributed by atoms with Crippen molar-refractivity contribution < 1.29 is 9.53 Å². The van der Waals surface area contributed by atoms with Gasteiger partial charge in [0.15, 0.2) is 0 Å². The van der Waals surface area contributed by atoms with Crippen molar-refractivity contribution >= 4 is 44.0 Å². The Labute approximate surface area is 110 Å². The molecule has 5 heteroatoms. The number of carbonyl (C=O) groups is 1. The maximum absolute atomic E-state index is 11.5. The number of esters is 1. The van der Waals surface area contributed by atoms with E-state index in [-0.39, 0.29) is 12.0 Å². The second-order valence-corrected chi connectivity index (χ2v) is 13.6. The number of hydrogen-bond acceptors (Lipinski definition) is 3. The Morgan fingerprint density at radius 1 is 1.53 bits per heavy atom. The number of hydrogen-bond donors (Lipinski definition) is 0. The molecule has 1 heterocycles. The summed E-state index contributed by atoms with van der Waals surface area (Å²) >= 11 is 1.60. The van der Waals surface area contributed by atoms with Crippen LogP contribution in [0.1, 0.15) is 5.56 Å². The summed E-state index contributed by atoms with van der Waals surface area (Å²) in [4.78, 5) is 11.5. The van der Waals surface area contributed by atoms with Gasteiger partial charge in [-0.15, -0.1) is 0 Å². The Hall–Kier alpha value is 0.302. The Balaban J connectivity index is 1.77. The SMILES string of the molecule is O=C(OCc1ccccc1)[C@@H]1C[N]1[TlH][I]. The summed E-state index contributed by atoms with van der Waals surface area (Å²) in [5, 5.41) is 0. The number of benzene rings is 1. The maximum atomic E-state index is 11.5. The number of carbonyl (C=O) groups excluding carboxylic acids is 1. The van der Waals surface area contributed by atoms with Gasteiger partial charge in [-0.2, -0.15) is 0 Å². The van der Waals surface area contributed by atoms with Crippen molar-refractivity contribution in [2.75, 3.05) is 6.54 Å². The normalized spacial score (nSPS) is 23.3. The van der Waals surface area contributed by atoms with Gasteiger partial charge in [-0.05, 0) is 0 Å². The van der Waals surface area contributed by atoms with Crippen LogP contribution in [0.4, 0.5) is 0 Å². The quantitative estimate of drug-likeness (QED) is 0.264. The molecule has 1 unspecified atom stereocenters. The van der Waals surface area contributed by atoms with E-state index in [0.29, 0.717) is 6.61 Å². The third-order valence-corrected chi connectivity index (χ3v) is 14.0. The molecule has 0 N–H and O–H groups in total. The monoisotopic (exact) mass is 509 g/mol. The van der Waals surface area contributed by atoms with Crippen LogP contribution in [0.25, 0.3) is 0 Å². The topological polar surface area (TPSA) is 29.3 Å². The van der Waals surface area contributed by atoms with Gasteiger partial charge in [-0.1, -0.05) is 0 Å². The van der Waals surface area contributed by atoms with E-state index >= 15 is 0 Å². The number of nitrogens with zero attached hydrogens (tertiary/aromatic N) is 1. The molecule has 1 aliphatic heterocycles. The van der Waals surface area contributed by atoms with E-state index in [9.17, 15) is 4.79 Å². The summed E-state index contributed by atoms with van der Waals surface area (Å²) in [5.74, 6) is -0.0458. The van der Waals surface area contributed by atoms with Crippen LogP contribution in [0.3, 0.4) is 0 Å². The molecule has 1 saturated heterocycles. The first-order valence-corrected chi connectivity index (χ1v) is 22.7. The van der Waals surface area contributed by atoms with Crippen LogP contribution in [0.5, 0.6) is 0 Å². The van der Waals surface area contributed by atoms with Gasteiger partial charge in [0.25, 0.3) is 0 Å². The minimum atomic E-state index is -0.867. The fraction of sp³-hybridized carbons (Fsp3) is 0.300. The summed E-state index contributed by atoms with van der Waals surface area (Å²) in [7, 11) is 0. The predicted octanol–water partition coefficient (Wildman–Crippen LogP) is 1.12. The standard InChI is InChI=1S/C10H10NO2.HI.Tl.H/c12-10(9-6-11-9)13-7-8-4-2-1-3-5-8;;;/h1-5,9H,6-7H2;1H;;/q-1;;+2;/p-1/t9-;;;/m0.../s1. The van der Waals surface area contributed by atoms with Crippen LogP contribution in [-0.4, -0.2) is 41.5 Å². The fourth-order valence-electron chi connectivity index (χ4n) is 1.36. The first kappa shape index (κ1) is 11.8. The summed E-state index contributed by atoms with van der Waals surface area (Å²) in [6.07, 6.45) is 0. The fourth-order valence-corrected chi connectivity index (χ4v) is 10.5. The van der Waals surface area contributed by atoms with E-state index in [1.807, 2.05) is 30.3 Å². The molecule has 2 rings (SSSR count). The molecule has 2 atom stereocenters. The van der Waals surface area contributed by atoms with Crippen LogP contribution >= 0.6 is 17.8 Å². The second kappa shape index (κ2) is 5.58. The molecule has 0 amide bonds. The van der Waals surface area contributed by atoms with E-state index in [2.05, 4.69) is 20.5 Å². The molecule has 1 aromatic rings. The van der Waals surface area contributed by atoms with Crippen LogP contribution in [-0.2, 0) is 16.1 Å². The average Bonchev–Trinajstić information content (AvgIpc) is 3.06. The van der Waals surface area contributed by atoms with Crippen LogP contribution in [0.2, 0.25) is 0 Å². The number of rotatable bonds is 4. The van der Waals surface area contributed by atoms with Gasteiger partial charge in [0.1, 0.15) is 0 Å². The summed E-state index contributed by atoms with van der Waals surface area (Å²) in [6.45, 7) is 1.35. The third-order valence-electron chi connectivity index (χ3n) is 2.36. The Morgan fingerprint density at radius 3 is 2.87 bits per heavy atom. The van der Waals surface area contributed by atoms with Crippen LogP contribution in [0, 0.1) is 0 Å². The van der Waals surface area contributed by atoms with Gasteiger partial charge >= 0.3 is 111 Å². The Bertz CT molecular complexity index is 347. The molecule has 1 aliphatic rings. The van der Waals surface area contributed by atoms with Crippen molar-refractivity contribution in [2.45, 2.75) is 12.6 Å². The second-order valence-electron chi connectivity index (χ2n) is 3.50. The zero-order chi connectivity index (χ0) is 10.7. The van der Waals surface area contributed by atoms with Crippen LogP contribution < -0.4 is 0 Å².